The molecule has 0 aliphatic rings. The number of halogens is 2. The first-order chi connectivity index (χ1) is 3.94. The second-order valence-electron chi connectivity index (χ2n) is 1.74. The standard InChI is InChI=1S/C4H9F2N.C2H6/c1-3(7)4(2,5)6;1-2/h3H,7H2,1-2H3;1-2H3. The molecular weight excluding hydrogens is 124 g/mol. The summed E-state index contributed by atoms with van der Waals surface area (Å²) >= 11 is 0. The van der Waals surface area contributed by atoms with Crippen LogP contribution >= 0.6 is 0 Å². The summed E-state index contributed by atoms with van der Waals surface area (Å²) in [5.74, 6) is -2.72. The second-order valence-corrected chi connectivity index (χ2v) is 1.74. The molecule has 0 saturated heterocycles. The molecule has 0 amide bonds. The van der Waals surface area contributed by atoms with E-state index < -0.39 is 12.0 Å². The van der Waals surface area contributed by atoms with Crippen molar-refractivity contribution >= 4 is 0 Å². The van der Waals surface area contributed by atoms with Gasteiger partial charge < -0.3 is 5.73 Å². The molecule has 0 radical (unpaired) electrons. The van der Waals surface area contributed by atoms with Crippen LogP contribution < -0.4 is 5.73 Å². The van der Waals surface area contributed by atoms with E-state index in [-0.39, 0.29) is 0 Å². The zero-order valence-corrected chi connectivity index (χ0v) is 6.41. The van der Waals surface area contributed by atoms with Gasteiger partial charge in [-0.15, -0.1) is 0 Å². The van der Waals surface area contributed by atoms with Crippen LogP contribution in [0.15, 0.2) is 0 Å². The zero-order valence-electron chi connectivity index (χ0n) is 6.41. The van der Waals surface area contributed by atoms with Gasteiger partial charge >= 0.3 is 0 Å². The maximum atomic E-state index is 11.7. The van der Waals surface area contributed by atoms with Crippen LogP contribution in [0.3, 0.4) is 0 Å². The van der Waals surface area contributed by atoms with Crippen molar-refractivity contribution in [3.05, 3.63) is 0 Å². The molecule has 9 heavy (non-hydrogen) atoms. The van der Waals surface area contributed by atoms with Gasteiger partial charge in [0, 0.05) is 6.92 Å². The first-order valence-corrected chi connectivity index (χ1v) is 3.08. The molecule has 0 saturated carbocycles. The lowest BCUT2D eigenvalue weighted by molar-refractivity contribution is 0.000499. The van der Waals surface area contributed by atoms with Crippen molar-refractivity contribution in [1.29, 1.82) is 0 Å². The van der Waals surface area contributed by atoms with Crippen LogP contribution in [0, 0.1) is 0 Å². The topological polar surface area (TPSA) is 26.0 Å². The van der Waals surface area contributed by atoms with Gasteiger partial charge in [0.1, 0.15) is 0 Å². The average Bonchev–Trinajstić information content (AvgIpc) is 1.69. The lowest BCUT2D eigenvalue weighted by atomic mass is 10.2. The molecule has 0 fully saturated rings. The van der Waals surface area contributed by atoms with E-state index in [1.807, 2.05) is 13.8 Å². The van der Waals surface area contributed by atoms with Crippen LogP contribution in [0.1, 0.15) is 27.7 Å². The van der Waals surface area contributed by atoms with Gasteiger partial charge in [0.25, 0.3) is 5.92 Å². The van der Waals surface area contributed by atoms with Crippen molar-refractivity contribution in [3.8, 4) is 0 Å². The van der Waals surface area contributed by atoms with Crippen molar-refractivity contribution in [3.63, 3.8) is 0 Å². The molecule has 58 valence electrons. The van der Waals surface area contributed by atoms with Gasteiger partial charge in [-0.3, -0.25) is 0 Å². The highest BCUT2D eigenvalue weighted by Crippen LogP contribution is 2.13. The normalized spacial score (nSPS) is 13.7. The van der Waals surface area contributed by atoms with E-state index in [2.05, 4.69) is 0 Å². The zero-order chi connectivity index (χ0) is 8.08. The Labute approximate surface area is 55.2 Å². The third-order valence-corrected chi connectivity index (χ3v) is 0.800. The summed E-state index contributed by atoms with van der Waals surface area (Å²) in [4.78, 5) is 0. The molecule has 1 nitrogen and oxygen atoms in total. The van der Waals surface area contributed by atoms with Crippen LogP contribution in [-0.2, 0) is 0 Å². The van der Waals surface area contributed by atoms with E-state index in [1.54, 1.807) is 0 Å². The molecule has 0 aliphatic heterocycles. The summed E-state index contributed by atoms with van der Waals surface area (Å²) < 4.78 is 23.4. The van der Waals surface area contributed by atoms with Gasteiger partial charge in [-0.2, -0.15) is 0 Å². The molecule has 0 aromatic heterocycles. The minimum atomic E-state index is -2.72. The van der Waals surface area contributed by atoms with E-state index >= 15 is 0 Å². The van der Waals surface area contributed by atoms with Gasteiger partial charge in [-0.05, 0) is 6.92 Å². The van der Waals surface area contributed by atoms with Gasteiger partial charge in [0.2, 0.25) is 0 Å². The molecule has 0 aromatic carbocycles. The number of alkyl halides is 2. The van der Waals surface area contributed by atoms with Crippen LogP contribution in [0.5, 0.6) is 0 Å². The quantitative estimate of drug-likeness (QED) is 0.591. The molecule has 1 unspecified atom stereocenters. The van der Waals surface area contributed by atoms with Gasteiger partial charge in [0.15, 0.2) is 0 Å². The largest absolute Gasteiger partial charge is 0.323 e. The van der Waals surface area contributed by atoms with Crippen LogP contribution in [-0.4, -0.2) is 12.0 Å². The van der Waals surface area contributed by atoms with E-state index in [0.29, 0.717) is 0 Å². The molecule has 0 heterocycles. The second kappa shape index (κ2) is 4.68. The summed E-state index contributed by atoms with van der Waals surface area (Å²) in [5.41, 5.74) is 4.82. The molecular formula is C6H15F2N. The van der Waals surface area contributed by atoms with Crippen LogP contribution in [0.2, 0.25) is 0 Å². The number of hydrogen-bond donors (Lipinski definition) is 1. The summed E-state index contributed by atoms with van der Waals surface area (Å²) in [6.07, 6.45) is 0. The Hall–Kier alpha value is -0.180. The lowest BCUT2D eigenvalue weighted by Gasteiger charge is -2.12. The Balaban J connectivity index is 0. The van der Waals surface area contributed by atoms with E-state index in [0.717, 1.165) is 6.92 Å². The Morgan fingerprint density at radius 2 is 1.44 bits per heavy atom. The number of rotatable bonds is 1. The van der Waals surface area contributed by atoms with Crippen LogP contribution in [0.25, 0.3) is 0 Å². The SMILES string of the molecule is CC.CC(N)C(C)(F)F. The molecule has 1 atom stereocenters. The van der Waals surface area contributed by atoms with Crippen molar-refractivity contribution < 1.29 is 8.78 Å². The third-order valence-electron chi connectivity index (χ3n) is 0.800. The molecule has 3 heteroatoms. The Bertz CT molecular complexity index is 56.6. The van der Waals surface area contributed by atoms with Gasteiger partial charge in [-0.1, -0.05) is 13.8 Å². The third kappa shape index (κ3) is 7.82. The minimum Gasteiger partial charge on any atom is -0.323 e. The Morgan fingerprint density at radius 3 is 1.44 bits per heavy atom. The monoisotopic (exact) mass is 139 g/mol. The molecule has 0 rings (SSSR count). The Kier molecular flexibility index (Phi) is 6.02. The number of nitrogens with two attached hydrogens (primary N) is 1. The summed E-state index contributed by atoms with van der Waals surface area (Å²) in [6, 6.07) is -1.03. The van der Waals surface area contributed by atoms with Crippen molar-refractivity contribution in [2.75, 3.05) is 0 Å². The highest BCUT2D eigenvalue weighted by molar-refractivity contribution is 4.68. The molecule has 2 N–H and O–H groups in total. The van der Waals surface area contributed by atoms with E-state index in [4.69, 9.17) is 5.73 Å². The smallest absolute Gasteiger partial charge is 0.259 e. The highest BCUT2D eigenvalue weighted by atomic mass is 19.3. The number of hydrogen-bond acceptors (Lipinski definition) is 1. The predicted molar refractivity (Wildman–Crippen MR) is 35.6 cm³/mol. The minimum absolute atomic E-state index is 0.803. The first-order valence-electron chi connectivity index (χ1n) is 3.08. The fourth-order valence-corrected chi connectivity index (χ4v) is 0. The summed E-state index contributed by atoms with van der Waals surface area (Å²) in [7, 11) is 0. The first kappa shape index (κ1) is 11.6. The molecule has 0 aromatic rings. The predicted octanol–water partition coefficient (Wildman–Crippen LogP) is 2.02. The van der Waals surface area contributed by atoms with Gasteiger partial charge in [0.05, 0.1) is 6.04 Å². The van der Waals surface area contributed by atoms with E-state index in [1.165, 1.54) is 6.92 Å². The molecule has 0 spiro atoms. The lowest BCUT2D eigenvalue weighted by Crippen LogP contribution is -2.34. The van der Waals surface area contributed by atoms with Crippen molar-refractivity contribution in [2.24, 2.45) is 5.73 Å². The average molecular weight is 139 g/mol. The highest BCUT2D eigenvalue weighted by Gasteiger charge is 2.25. The Morgan fingerprint density at radius 1 is 1.33 bits per heavy atom. The van der Waals surface area contributed by atoms with Crippen molar-refractivity contribution in [2.45, 2.75) is 39.7 Å². The van der Waals surface area contributed by atoms with Crippen molar-refractivity contribution in [1.82, 2.24) is 0 Å². The maximum absolute atomic E-state index is 11.7. The molecule has 0 bridgehead atoms. The fourth-order valence-electron chi connectivity index (χ4n) is 0. The summed E-state index contributed by atoms with van der Waals surface area (Å²) in [5, 5.41) is 0. The molecule has 0 aliphatic carbocycles. The fraction of sp³-hybridized carbons (Fsp3) is 1.00. The van der Waals surface area contributed by atoms with Gasteiger partial charge in [-0.25, -0.2) is 8.78 Å². The summed E-state index contributed by atoms with van der Waals surface area (Å²) in [6.45, 7) is 6.08. The van der Waals surface area contributed by atoms with Crippen LogP contribution in [0.4, 0.5) is 8.78 Å². The maximum Gasteiger partial charge on any atom is 0.259 e. The van der Waals surface area contributed by atoms with E-state index in [9.17, 15) is 8.78 Å².